The number of methoxy groups -OCH3 is 1. The van der Waals surface area contributed by atoms with Gasteiger partial charge < -0.3 is 41.7 Å². The molecule has 1 unspecified atom stereocenters. The highest BCUT2D eigenvalue weighted by Crippen LogP contribution is 2.42. The fraction of sp³-hybridized carbons (Fsp3) is 0.233. The third kappa shape index (κ3) is 7.35. The van der Waals surface area contributed by atoms with Gasteiger partial charge in [-0.15, -0.1) is 28.2 Å². The lowest BCUT2D eigenvalue weighted by atomic mass is 9.93. The van der Waals surface area contributed by atoms with Crippen LogP contribution in [0.15, 0.2) is 57.6 Å². The number of hydrogen-bond donors (Lipinski definition) is 7. The van der Waals surface area contributed by atoms with E-state index in [1.165, 1.54) is 48.0 Å². The molecular weight excluding hydrogens is 747 g/mol. The van der Waals surface area contributed by atoms with Gasteiger partial charge in [0.2, 0.25) is 16.5 Å². The molecule has 2 aromatic carbocycles. The van der Waals surface area contributed by atoms with Gasteiger partial charge in [0.25, 0.3) is 11.8 Å². The molecule has 4 aromatic rings. The summed E-state index contributed by atoms with van der Waals surface area (Å²) < 4.78 is 6.43. The first kappa shape index (κ1) is 37.5. The highest BCUT2D eigenvalue weighted by Gasteiger charge is 2.54. The maximum absolute atomic E-state index is 12.8. The summed E-state index contributed by atoms with van der Waals surface area (Å²) in [5, 5.41) is 57.8. The van der Waals surface area contributed by atoms with Crippen molar-refractivity contribution in [1.82, 2.24) is 25.1 Å². The molecule has 0 bridgehead atoms. The van der Waals surface area contributed by atoms with Crippen LogP contribution >= 0.6 is 34.9 Å². The van der Waals surface area contributed by atoms with E-state index in [-0.39, 0.29) is 48.6 Å². The summed E-state index contributed by atoms with van der Waals surface area (Å²) >= 11 is 3.42. The molecule has 2 aliphatic rings. The van der Waals surface area contributed by atoms with Crippen LogP contribution in [-0.4, -0.2) is 110 Å². The molecule has 52 heavy (non-hydrogen) atoms. The zero-order valence-electron chi connectivity index (χ0n) is 26.5. The first-order valence-electron chi connectivity index (χ1n) is 14.6. The van der Waals surface area contributed by atoms with Crippen LogP contribution in [0.2, 0.25) is 0 Å². The van der Waals surface area contributed by atoms with Crippen LogP contribution < -0.4 is 16.9 Å². The maximum Gasteiger partial charge on any atom is 0.352 e. The Morgan fingerprint density at radius 1 is 1.06 bits per heavy atom. The maximum atomic E-state index is 12.8. The molecule has 0 aliphatic carbocycles. The summed E-state index contributed by atoms with van der Waals surface area (Å²) in [5.74, 6) is -6.10. The number of aromatic hydroxyl groups is 3. The van der Waals surface area contributed by atoms with Gasteiger partial charge in [-0.05, 0) is 39.8 Å². The van der Waals surface area contributed by atoms with E-state index in [4.69, 9.17) is 21.3 Å². The van der Waals surface area contributed by atoms with Crippen LogP contribution in [0.1, 0.15) is 26.7 Å². The summed E-state index contributed by atoms with van der Waals surface area (Å²) in [4.78, 5) is 72.7. The van der Waals surface area contributed by atoms with Crippen molar-refractivity contribution < 1.29 is 54.2 Å². The number of phenols is 3. The van der Waals surface area contributed by atoms with Crippen molar-refractivity contribution in [3.8, 4) is 17.2 Å². The normalized spacial score (nSPS) is 17.1. The molecule has 4 heterocycles. The minimum absolute atomic E-state index is 0.0169. The number of aliphatic carboxylic acids is 2. The summed E-state index contributed by atoms with van der Waals surface area (Å²) in [7, 11) is 1.41. The highest BCUT2D eigenvalue weighted by molar-refractivity contribution is 8.01. The number of carboxylic acid groups (broad SMARTS) is 2. The number of aromatic nitrogens is 4. The van der Waals surface area contributed by atoms with Crippen molar-refractivity contribution >= 4 is 74.6 Å². The molecule has 2 aromatic heterocycles. The van der Waals surface area contributed by atoms with Crippen molar-refractivity contribution in [2.24, 2.45) is 11.5 Å². The number of nitrogens with two attached hydrogens (primary N) is 2. The summed E-state index contributed by atoms with van der Waals surface area (Å²) in [6, 6.07) is 7.72. The van der Waals surface area contributed by atoms with Crippen LogP contribution in [0.4, 0.5) is 0 Å². The lowest BCUT2D eigenvalue weighted by molar-refractivity contribution is -0.162. The molecule has 9 N–H and O–H groups in total. The third-order valence-corrected chi connectivity index (χ3v) is 11.2. The van der Waals surface area contributed by atoms with Gasteiger partial charge >= 0.3 is 11.9 Å². The standard InChI is InChI=1S/C18H14N2O6S.C12H13N5O6S2/c19-17(25)13(7-1-3-8(21)4-2-7)16-14(18(20)26)15(24)9-5-10(22)11(23)6-12(9)27-16;1-23-8-9(20)17-7(11(21)22)5(3-24-10(8)17)4-25-12-13-14-15-16(12)2-6(18)19/h1-6,13,21-23H,(H2,19,25)(H2,20,26);8,10H,2-4H2,1H3,(H,18,19)(H,21,22)/t;8-,10+/m.1/s1. The zero-order valence-corrected chi connectivity index (χ0v) is 29.0. The predicted octanol–water partition coefficient (Wildman–Crippen LogP) is 0.213. The van der Waals surface area contributed by atoms with Gasteiger partial charge in [0.1, 0.15) is 28.9 Å². The number of benzene rings is 2. The number of tetrazole rings is 1. The highest BCUT2D eigenvalue weighted by atomic mass is 32.2. The van der Waals surface area contributed by atoms with Gasteiger partial charge in [0, 0.05) is 39.6 Å². The van der Waals surface area contributed by atoms with Crippen molar-refractivity contribution in [1.29, 1.82) is 0 Å². The minimum atomic E-state index is -1.19. The molecule has 0 spiro atoms. The minimum Gasteiger partial charge on any atom is -0.508 e. The SMILES string of the molecule is CO[C@@H]1C(=O)N2C(C(=O)O)=C(CSc3nnnn3CC(=O)O)CS[C@@H]12.NC(=O)c1c(C(C(N)=O)c2ccc(O)cc2)sc2cc(O)c(O)cc2c1=O. The van der Waals surface area contributed by atoms with Gasteiger partial charge in [0.15, 0.2) is 17.6 Å². The average Bonchev–Trinajstić information content (AvgIpc) is 3.51. The summed E-state index contributed by atoms with van der Waals surface area (Å²) in [5.41, 5.74) is 10.5. The molecule has 0 saturated carbocycles. The second-order valence-corrected chi connectivity index (χ2v) is 14.1. The van der Waals surface area contributed by atoms with E-state index in [1.54, 1.807) is 0 Å². The number of β-lactam (4-membered cyclic amide) rings is 1. The predicted molar refractivity (Wildman–Crippen MR) is 184 cm³/mol. The zero-order chi connectivity index (χ0) is 38.0. The lowest BCUT2D eigenvalue weighted by Crippen LogP contribution is -2.65. The molecule has 3 atom stereocenters. The van der Waals surface area contributed by atoms with E-state index in [0.717, 1.165) is 39.9 Å². The van der Waals surface area contributed by atoms with E-state index in [2.05, 4.69) is 15.5 Å². The molecule has 1 fully saturated rings. The molecule has 1 saturated heterocycles. The largest absolute Gasteiger partial charge is 0.508 e. The Kier molecular flexibility index (Phi) is 11.0. The van der Waals surface area contributed by atoms with E-state index >= 15 is 0 Å². The van der Waals surface area contributed by atoms with Gasteiger partial charge in [-0.2, -0.15) is 0 Å². The van der Waals surface area contributed by atoms with Crippen LogP contribution in [0.25, 0.3) is 10.1 Å². The third-order valence-electron chi connectivity index (χ3n) is 7.65. The number of rotatable bonds is 11. The quantitative estimate of drug-likeness (QED) is 0.0609. The van der Waals surface area contributed by atoms with Crippen molar-refractivity contribution in [3.63, 3.8) is 0 Å². The Labute approximate surface area is 303 Å². The van der Waals surface area contributed by atoms with Gasteiger partial charge in [-0.25, -0.2) is 9.48 Å². The topological polar surface area (TPSA) is 312 Å². The molecule has 19 nitrogen and oxygen atoms in total. The summed E-state index contributed by atoms with van der Waals surface area (Å²) in [6.07, 6.45) is -0.628. The number of carboxylic acids is 2. The molecule has 22 heteroatoms. The van der Waals surface area contributed by atoms with E-state index < -0.39 is 64.8 Å². The number of fused-ring (bicyclic) bond motifs is 2. The van der Waals surface area contributed by atoms with Gasteiger partial charge in [-0.3, -0.25) is 28.9 Å². The molecule has 3 amide bonds. The Bertz CT molecular complexity index is 2210. The van der Waals surface area contributed by atoms with E-state index in [9.17, 15) is 49.2 Å². The van der Waals surface area contributed by atoms with E-state index in [1.807, 2.05) is 0 Å². The molecule has 6 rings (SSSR count). The number of nitrogens with zero attached hydrogens (tertiary/aromatic N) is 5. The lowest BCUT2D eigenvalue weighted by Gasteiger charge is -2.48. The smallest absolute Gasteiger partial charge is 0.352 e. The average molecular weight is 774 g/mol. The summed E-state index contributed by atoms with van der Waals surface area (Å²) in [6.45, 7) is -0.392. The number of carbonyl (C=O) groups is 5. The first-order chi connectivity index (χ1) is 24.6. The monoisotopic (exact) mass is 773 g/mol. The number of carbonyl (C=O) groups excluding carboxylic acids is 3. The van der Waals surface area contributed by atoms with Crippen LogP contribution in [-0.2, 0) is 30.5 Å². The number of thioether (sulfide) groups is 2. The number of hydrogen-bond acceptors (Lipinski definition) is 16. The molecule has 272 valence electrons. The fourth-order valence-corrected chi connectivity index (χ4v) is 9.03. The van der Waals surface area contributed by atoms with Crippen molar-refractivity contribution in [2.75, 3.05) is 18.6 Å². The van der Waals surface area contributed by atoms with Crippen molar-refractivity contribution in [2.45, 2.75) is 29.1 Å². The second kappa shape index (κ2) is 15.3. The van der Waals surface area contributed by atoms with Crippen LogP contribution in [0.5, 0.6) is 17.2 Å². The Hall–Kier alpha value is -5.71. The van der Waals surface area contributed by atoms with Gasteiger partial charge in [-0.1, -0.05) is 23.9 Å². The van der Waals surface area contributed by atoms with Gasteiger partial charge in [0.05, 0.1) is 5.92 Å². The molecule has 2 aliphatic heterocycles. The van der Waals surface area contributed by atoms with Crippen LogP contribution in [0, 0.1) is 0 Å². The number of primary amides is 2. The Morgan fingerprint density at radius 2 is 1.73 bits per heavy atom. The number of ether oxygens (including phenoxy) is 1. The molecule has 0 radical (unpaired) electrons. The number of amides is 3. The number of phenolic OH excluding ortho intramolecular Hbond substituents is 3. The second-order valence-electron chi connectivity index (χ2n) is 10.9. The Morgan fingerprint density at radius 3 is 2.33 bits per heavy atom. The van der Waals surface area contributed by atoms with E-state index in [0.29, 0.717) is 16.9 Å². The Balaban J connectivity index is 0.000000202. The van der Waals surface area contributed by atoms with Crippen LogP contribution in [0.3, 0.4) is 0 Å². The van der Waals surface area contributed by atoms with Crippen molar-refractivity contribution in [3.05, 3.63) is 73.9 Å². The fourth-order valence-electron chi connectivity index (χ4n) is 5.31. The molecular formula is C30H27N7O12S3. The first-order valence-corrected chi connectivity index (χ1v) is 17.4.